The number of halogens is 1. The van der Waals surface area contributed by atoms with Gasteiger partial charge in [0, 0.05) is 24.5 Å². The Kier molecular flexibility index (Phi) is 2.64. The maximum absolute atomic E-state index is 12.0. The van der Waals surface area contributed by atoms with Crippen molar-refractivity contribution in [2.24, 2.45) is 7.05 Å². The molecule has 0 radical (unpaired) electrons. The Bertz CT molecular complexity index is 693. The summed E-state index contributed by atoms with van der Waals surface area (Å²) < 4.78 is 1.81. The number of rotatable bonds is 2. The molecule has 0 saturated heterocycles. The lowest BCUT2D eigenvalue weighted by molar-refractivity contribution is -0.114. The van der Waals surface area contributed by atoms with Gasteiger partial charge in [0.05, 0.1) is 17.8 Å². The molecule has 0 bridgehead atoms. The highest BCUT2D eigenvalue weighted by Gasteiger charge is 2.36. The van der Waals surface area contributed by atoms with E-state index in [1.807, 2.05) is 11.6 Å². The Balaban J connectivity index is 2.02. The van der Waals surface area contributed by atoms with Crippen molar-refractivity contribution in [2.45, 2.75) is 6.54 Å². The highest BCUT2D eigenvalue weighted by molar-refractivity contribution is 6.52. The van der Waals surface area contributed by atoms with Gasteiger partial charge < -0.3 is 4.57 Å². The second kappa shape index (κ2) is 4.20. The van der Waals surface area contributed by atoms with E-state index in [9.17, 15) is 9.59 Å². The predicted molar refractivity (Wildman–Crippen MR) is 70.2 cm³/mol. The lowest BCUT2D eigenvalue weighted by atomic mass is 10.1. The van der Waals surface area contributed by atoms with E-state index in [4.69, 9.17) is 11.6 Å². The van der Waals surface area contributed by atoms with Crippen LogP contribution in [0.2, 0.25) is 5.02 Å². The highest BCUT2D eigenvalue weighted by atomic mass is 35.5. The van der Waals surface area contributed by atoms with Crippen molar-refractivity contribution in [2.75, 3.05) is 4.90 Å². The molecule has 1 aromatic heterocycles. The molecule has 1 amide bonds. The number of aromatic nitrogens is 2. The van der Waals surface area contributed by atoms with Crippen LogP contribution in [0.5, 0.6) is 0 Å². The largest absolute Gasteiger partial charge is 0.337 e. The third-order valence-corrected chi connectivity index (χ3v) is 3.39. The molecule has 0 unspecified atom stereocenters. The van der Waals surface area contributed by atoms with Gasteiger partial charge in [-0.15, -0.1) is 0 Å². The maximum atomic E-state index is 12.0. The van der Waals surface area contributed by atoms with Crippen LogP contribution in [-0.2, 0) is 18.4 Å². The van der Waals surface area contributed by atoms with Crippen molar-refractivity contribution in [1.29, 1.82) is 0 Å². The van der Waals surface area contributed by atoms with E-state index < -0.39 is 11.7 Å². The Morgan fingerprint density at radius 2 is 2.11 bits per heavy atom. The van der Waals surface area contributed by atoms with Crippen molar-refractivity contribution in [3.8, 4) is 0 Å². The Hall–Kier alpha value is -2.14. The first-order valence-electron chi connectivity index (χ1n) is 5.70. The quantitative estimate of drug-likeness (QED) is 0.786. The average molecular weight is 276 g/mol. The number of aryl methyl sites for hydroxylation is 1. The van der Waals surface area contributed by atoms with Crippen LogP contribution in [-0.4, -0.2) is 21.2 Å². The van der Waals surface area contributed by atoms with Gasteiger partial charge in [-0.25, -0.2) is 4.98 Å². The summed E-state index contributed by atoms with van der Waals surface area (Å²) in [6, 6.07) is 4.87. The third kappa shape index (κ3) is 1.82. The van der Waals surface area contributed by atoms with E-state index in [2.05, 4.69) is 4.98 Å². The van der Waals surface area contributed by atoms with Crippen LogP contribution in [0.15, 0.2) is 30.6 Å². The molecule has 3 rings (SSSR count). The van der Waals surface area contributed by atoms with Gasteiger partial charge in [0.2, 0.25) is 0 Å². The number of hydrogen-bond donors (Lipinski definition) is 0. The van der Waals surface area contributed by atoms with Crippen LogP contribution in [0.3, 0.4) is 0 Å². The number of imidazole rings is 1. The van der Waals surface area contributed by atoms with Crippen LogP contribution in [0.25, 0.3) is 0 Å². The first kappa shape index (κ1) is 11.9. The fourth-order valence-electron chi connectivity index (χ4n) is 2.12. The number of nitrogens with zero attached hydrogens (tertiary/aromatic N) is 3. The molecule has 0 fully saturated rings. The molecule has 2 aromatic rings. The summed E-state index contributed by atoms with van der Waals surface area (Å²) >= 11 is 5.85. The predicted octanol–water partition coefficient (Wildman–Crippen LogP) is 1.80. The first-order valence-corrected chi connectivity index (χ1v) is 6.07. The fraction of sp³-hybridized carbons (Fsp3) is 0.154. The number of carbonyl (C=O) groups excluding carboxylic acids is 2. The van der Waals surface area contributed by atoms with Crippen LogP contribution < -0.4 is 4.90 Å². The van der Waals surface area contributed by atoms with Gasteiger partial charge in [-0.3, -0.25) is 14.5 Å². The second-order valence-electron chi connectivity index (χ2n) is 4.34. The summed E-state index contributed by atoms with van der Waals surface area (Å²) in [6.07, 6.45) is 3.45. The number of amides is 1. The zero-order valence-electron chi connectivity index (χ0n) is 10.1. The minimum Gasteiger partial charge on any atom is -0.337 e. The standard InChI is InChI=1S/C13H10ClN3O2/c1-16-5-4-15-11(16)7-17-10-3-2-8(14)6-9(10)12(18)13(17)19/h2-6H,7H2,1H3. The maximum Gasteiger partial charge on any atom is 0.299 e. The van der Waals surface area contributed by atoms with E-state index in [1.165, 1.54) is 11.0 Å². The van der Waals surface area contributed by atoms with Gasteiger partial charge in [0.1, 0.15) is 5.82 Å². The summed E-state index contributed by atoms with van der Waals surface area (Å²) in [7, 11) is 1.84. The van der Waals surface area contributed by atoms with Crippen molar-refractivity contribution in [3.63, 3.8) is 0 Å². The molecule has 0 spiro atoms. The molecule has 0 saturated carbocycles. The van der Waals surface area contributed by atoms with E-state index in [0.29, 0.717) is 22.1 Å². The summed E-state index contributed by atoms with van der Waals surface area (Å²) in [6.45, 7) is 0.267. The minimum atomic E-state index is -0.541. The number of fused-ring (bicyclic) bond motifs is 1. The Morgan fingerprint density at radius 3 is 2.79 bits per heavy atom. The third-order valence-electron chi connectivity index (χ3n) is 3.15. The number of Topliss-reactive ketones (excluding diaryl/α,β-unsaturated/α-hetero) is 1. The van der Waals surface area contributed by atoms with Gasteiger partial charge in [0.15, 0.2) is 0 Å². The molecule has 0 atom stereocenters. The second-order valence-corrected chi connectivity index (χ2v) is 4.77. The lowest BCUT2D eigenvalue weighted by Gasteiger charge is -2.16. The van der Waals surface area contributed by atoms with Gasteiger partial charge >= 0.3 is 0 Å². The van der Waals surface area contributed by atoms with Crippen LogP contribution in [0.1, 0.15) is 16.2 Å². The van der Waals surface area contributed by atoms with Crippen molar-refractivity contribution in [1.82, 2.24) is 9.55 Å². The monoisotopic (exact) mass is 275 g/mol. The molecule has 6 heteroatoms. The average Bonchev–Trinajstić information content (AvgIpc) is 2.88. The molecule has 0 aliphatic carbocycles. The molecular formula is C13H10ClN3O2. The van der Waals surface area contributed by atoms with Crippen molar-refractivity contribution >= 4 is 29.0 Å². The van der Waals surface area contributed by atoms with Gasteiger partial charge in [-0.1, -0.05) is 11.6 Å². The fourth-order valence-corrected chi connectivity index (χ4v) is 2.29. The van der Waals surface area contributed by atoms with Crippen molar-refractivity contribution in [3.05, 3.63) is 47.0 Å². The lowest BCUT2D eigenvalue weighted by Crippen LogP contribution is -2.30. The number of hydrogen-bond acceptors (Lipinski definition) is 3. The first-order chi connectivity index (χ1) is 9.08. The molecule has 0 N–H and O–H groups in total. The molecule has 5 nitrogen and oxygen atoms in total. The Labute approximate surface area is 114 Å². The topological polar surface area (TPSA) is 55.2 Å². The van der Waals surface area contributed by atoms with E-state index in [-0.39, 0.29) is 6.54 Å². The highest BCUT2D eigenvalue weighted by Crippen LogP contribution is 2.32. The number of carbonyl (C=O) groups is 2. The normalized spacial score (nSPS) is 14.1. The molecule has 1 aromatic carbocycles. The molecule has 2 heterocycles. The van der Waals surface area contributed by atoms with Crippen LogP contribution >= 0.6 is 11.6 Å². The Morgan fingerprint density at radius 1 is 1.32 bits per heavy atom. The zero-order chi connectivity index (χ0) is 13.6. The van der Waals surface area contributed by atoms with Gasteiger partial charge in [-0.2, -0.15) is 0 Å². The molecule has 1 aliphatic heterocycles. The smallest absolute Gasteiger partial charge is 0.299 e. The summed E-state index contributed by atoms with van der Waals surface area (Å²) in [5.74, 6) is -0.351. The van der Waals surface area contributed by atoms with E-state index >= 15 is 0 Å². The van der Waals surface area contributed by atoms with Crippen LogP contribution in [0.4, 0.5) is 5.69 Å². The minimum absolute atomic E-state index is 0.267. The zero-order valence-corrected chi connectivity index (χ0v) is 10.9. The van der Waals surface area contributed by atoms with Crippen molar-refractivity contribution < 1.29 is 9.59 Å². The SMILES string of the molecule is Cn1ccnc1CN1C(=O)C(=O)c2cc(Cl)ccc21. The molecule has 96 valence electrons. The molecular weight excluding hydrogens is 266 g/mol. The van der Waals surface area contributed by atoms with Gasteiger partial charge in [-0.05, 0) is 18.2 Å². The summed E-state index contributed by atoms with van der Waals surface area (Å²) in [5.41, 5.74) is 0.939. The van der Waals surface area contributed by atoms with E-state index in [1.54, 1.807) is 24.5 Å². The molecule has 19 heavy (non-hydrogen) atoms. The number of anilines is 1. The number of benzene rings is 1. The number of ketones is 1. The summed E-state index contributed by atoms with van der Waals surface area (Å²) in [4.78, 5) is 29.5. The van der Waals surface area contributed by atoms with Gasteiger partial charge in [0.25, 0.3) is 11.7 Å². The van der Waals surface area contributed by atoms with E-state index in [0.717, 1.165) is 0 Å². The molecule has 1 aliphatic rings. The summed E-state index contributed by atoms with van der Waals surface area (Å²) in [5, 5.41) is 0.443. The van der Waals surface area contributed by atoms with Crippen LogP contribution in [0, 0.1) is 0 Å².